The van der Waals surface area contributed by atoms with Crippen LogP contribution in [0, 0.1) is 5.92 Å². The summed E-state index contributed by atoms with van der Waals surface area (Å²) < 4.78 is 31.7. The van der Waals surface area contributed by atoms with Gasteiger partial charge < -0.3 is 10.1 Å². The molecular formula is C18H25ClN2O5S. The molecule has 0 saturated heterocycles. The molecular weight excluding hydrogens is 392 g/mol. The second-order valence-corrected chi connectivity index (χ2v) is 8.99. The number of carbonyl (C=O) groups excluding carboxylic acids is 2. The SMILES string of the molecule is CC(NS(=O)(=O)c1ccc(Cl)cc1)C(=O)OCC(=O)NC1CCCCC1C. The molecule has 27 heavy (non-hydrogen) atoms. The smallest absolute Gasteiger partial charge is 0.324 e. The summed E-state index contributed by atoms with van der Waals surface area (Å²) >= 11 is 5.74. The van der Waals surface area contributed by atoms with E-state index in [0.717, 1.165) is 25.7 Å². The van der Waals surface area contributed by atoms with Crippen LogP contribution in [0.3, 0.4) is 0 Å². The highest BCUT2D eigenvalue weighted by atomic mass is 35.5. The van der Waals surface area contributed by atoms with Gasteiger partial charge in [-0.25, -0.2) is 8.42 Å². The van der Waals surface area contributed by atoms with Gasteiger partial charge in [0.25, 0.3) is 5.91 Å². The topological polar surface area (TPSA) is 102 Å². The molecule has 0 aliphatic heterocycles. The monoisotopic (exact) mass is 416 g/mol. The molecule has 1 aromatic rings. The van der Waals surface area contributed by atoms with Crippen molar-refractivity contribution in [2.45, 2.75) is 56.5 Å². The molecule has 2 N–H and O–H groups in total. The third kappa shape index (κ3) is 6.48. The van der Waals surface area contributed by atoms with E-state index in [1.807, 2.05) is 0 Å². The van der Waals surface area contributed by atoms with E-state index in [9.17, 15) is 18.0 Å². The summed E-state index contributed by atoms with van der Waals surface area (Å²) in [5.74, 6) is -0.808. The van der Waals surface area contributed by atoms with E-state index < -0.39 is 28.6 Å². The van der Waals surface area contributed by atoms with Gasteiger partial charge in [0.1, 0.15) is 6.04 Å². The molecule has 1 aliphatic carbocycles. The van der Waals surface area contributed by atoms with Gasteiger partial charge in [0, 0.05) is 11.1 Å². The molecule has 0 bridgehead atoms. The highest BCUT2D eigenvalue weighted by molar-refractivity contribution is 7.89. The summed E-state index contributed by atoms with van der Waals surface area (Å²) in [4.78, 5) is 24.0. The van der Waals surface area contributed by atoms with Crippen molar-refractivity contribution in [1.29, 1.82) is 0 Å². The first-order valence-corrected chi connectivity index (χ1v) is 10.8. The normalized spacial score (nSPS) is 21.3. The van der Waals surface area contributed by atoms with Crippen LogP contribution in [-0.4, -0.2) is 39.0 Å². The maximum atomic E-state index is 12.3. The first-order chi connectivity index (χ1) is 12.7. The number of halogens is 1. The molecule has 9 heteroatoms. The third-order valence-electron chi connectivity index (χ3n) is 4.61. The molecule has 150 valence electrons. The average molecular weight is 417 g/mol. The van der Waals surface area contributed by atoms with Crippen LogP contribution >= 0.6 is 11.6 Å². The molecule has 0 heterocycles. The Kier molecular flexibility index (Phi) is 7.64. The Balaban J connectivity index is 1.82. The van der Waals surface area contributed by atoms with Crippen LogP contribution in [0.15, 0.2) is 29.2 Å². The first-order valence-electron chi connectivity index (χ1n) is 8.93. The quantitative estimate of drug-likeness (QED) is 0.664. The van der Waals surface area contributed by atoms with Gasteiger partial charge in [-0.05, 0) is 49.9 Å². The number of hydrogen-bond acceptors (Lipinski definition) is 5. The summed E-state index contributed by atoms with van der Waals surface area (Å²) in [6, 6.07) is 4.51. The standard InChI is InChI=1S/C18H25ClN2O5S/c1-12-5-3-4-6-16(12)20-17(22)11-26-18(23)13(2)21-27(24,25)15-9-7-14(19)8-10-15/h7-10,12-13,16,21H,3-6,11H2,1-2H3,(H,20,22). The van der Waals surface area contributed by atoms with Crippen molar-refractivity contribution in [3.8, 4) is 0 Å². The molecule has 1 saturated carbocycles. The van der Waals surface area contributed by atoms with Gasteiger partial charge in [0.15, 0.2) is 6.61 Å². The van der Waals surface area contributed by atoms with Crippen molar-refractivity contribution in [2.24, 2.45) is 5.92 Å². The zero-order valence-corrected chi connectivity index (χ0v) is 17.0. The largest absolute Gasteiger partial charge is 0.454 e. The first kappa shape index (κ1) is 21.7. The minimum atomic E-state index is -3.90. The van der Waals surface area contributed by atoms with Crippen LogP contribution in [0.4, 0.5) is 0 Å². The summed E-state index contributed by atoms with van der Waals surface area (Å²) in [5, 5.41) is 3.28. The van der Waals surface area contributed by atoms with E-state index in [1.165, 1.54) is 31.2 Å². The van der Waals surface area contributed by atoms with E-state index in [0.29, 0.717) is 10.9 Å². The molecule has 7 nitrogen and oxygen atoms in total. The fourth-order valence-corrected chi connectivity index (χ4v) is 4.32. The lowest BCUT2D eigenvalue weighted by Crippen LogP contribution is -2.44. The zero-order valence-electron chi connectivity index (χ0n) is 15.4. The fraction of sp³-hybridized carbons (Fsp3) is 0.556. The molecule has 1 aromatic carbocycles. The molecule has 1 fully saturated rings. The summed E-state index contributed by atoms with van der Waals surface area (Å²) in [6.07, 6.45) is 4.21. The van der Waals surface area contributed by atoms with Gasteiger partial charge in [-0.2, -0.15) is 4.72 Å². The molecule has 3 unspecified atom stereocenters. The van der Waals surface area contributed by atoms with Crippen molar-refractivity contribution >= 4 is 33.5 Å². The maximum Gasteiger partial charge on any atom is 0.324 e. The Labute approximate surface area is 164 Å². The average Bonchev–Trinajstić information content (AvgIpc) is 2.61. The van der Waals surface area contributed by atoms with Gasteiger partial charge in [-0.15, -0.1) is 0 Å². The number of rotatable bonds is 7. The predicted octanol–water partition coefficient (Wildman–Crippen LogP) is 2.24. The lowest BCUT2D eigenvalue weighted by molar-refractivity contribution is -0.150. The van der Waals surface area contributed by atoms with Crippen LogP contribution in [-0.2, 0) is 24.3 Å². The van der Waals surface area contributed by atoms with Crippen LogP contribution < -0.4 is 10.0 Å². The zero-order chi connectivity index (χ0) is 20.0. The van der Waals surface area contributed by atoms with Crippen molar-refractivity contribution in [3.05, 3.63) is 29.3 Å². The summed E-state index contributed by atoms with van der Waals surface area (Å²) in [5.41, 5.74) is 0. The lowest BCUT2D eigenvalue weighted by atomic mass is 9.86. The molecule has 1 amide bonds. The number of carbonyl (C=O) groups is 2. The van der Waals surface area contributed by atoms with Crippen molar-refractivity contribution < 1.29 is 22.7 Å². The van der Waals surface area contributed by atoms with Crippen LogP contribution in [0.25, 0.3) is 0 Å². The minimum absolute atomic E-state index is 0.0180. The number of nitrogens with one attached hydrogen (secondary N) is 2. The summed E-state index contributed by atoms with van der Waals surface area (Å²) in [6.45, 7) is 3.01. The maximum absolute atomic E-state index is 12.3. The minimum Gasteiger partial charge on any atom is -0.454 e. The molecule has 3 atom stereocenters. The number of amides is 1. The van der Waals surface area contributed by atoms with E-state index in [-0.39, 0.29) is 16.8 Å². The Hall–Kier alpha value is -1.64. The highest BCUT2D eigenvalue weighted by Gasteiger charge is 2.25. The molecule has 1 aliphatic rings. The Bertz CT molecular complexity index is 766. The van der Waals surface area contributed by atoms with Crippen LogP contribution in [0.2, 0.25) is 5.02 Å². The van der Waals surface area contributed by atoms with E-state index >= 15 is 0 Å². The second-order valence-electron chi connectivity index (χ2n) is 6.84. The van der Waals surface area contributed by atoms with Gasteiger partial charge in [0.2, 0.25) is 10.0 Å². The number of hydrogen-bond donors (Lipinski definition) is 2. The Morgan fingerprint density at radius 2 is 1.85 bits per heavy atom. The van der Waals surface area contributed by atoms with E-state index in [1.54, 1.807) is 0 Å². The van der Waals surface area contributed by atoms with Gasteiger partial charge >= 0.3 is 5.97 Å². The third-order valence-corrected chi connectivity index (χ3v) is 6.42. The number of esters is 1. The van der Waals surface area contributed by atoms with Crippen molar-refractivity contribution in [3.63, 3.8) is 0 Å². The lowest BCUT2D eigenvalue weighted by Gasteiger charge is -2.29. The fourth-order valence-electron chi connectivity index (χ4n) is 3.00. The second kappa shape index (κ2) is 9.52. The molecule has 0 aromatic heterocycles. The van der Waals surface area contributed by atoms with E-state index in [2.05, 4.69) is 17.0 Å². The number of ether oxygens (including phenoxy) is 1. The summed E-state index contributed by atoms with van der Waals surface area (Å²) in [7, 11) is -3.90. The van der Waals surface area contributed by atoms with Crippen LogP contribution in [0.1, 0.15) is 39.5 Å². The Morgan fingerprint density at radius 1 is 1.22 bits per heavy atom. The highest BCUT2D eigenvalue weighted by Crippen LogP contribution is 2.23. The molecule has 0 radical (unpaired) electrons. The van der Waals surface area contributed by atoms with Crippen molar-refractivity contribution in [1.82, 2.24) is 10.0 Å². The van der Waals surface area contributed by atoms with Gasteiger partial charge in [-0.1, -0.05) is 31.4 Å². The van der Waals surface area contributed by atoms with Crippen molar-refractivity contribution in [2.75, 3.05) is 6.61 Å². The van der Waals surface area contributed by atoms with Gasteiger partial charge in [0.05, 0.1) is 4.90 Å². The Morgan fingerprint density at radius 3 is 2.48 bits per heavy atom. The number of sulfonamides is 1. The number of benzene rings is 1. The predicted molar refractivity (Wildman–Crippen MR) is 102 cm³/mol. The molecule has 2 rings (SSSR count). The van der Waals surface area contributed by atoms with Gasteiger partial charge in [-0.3, -0.25) is 9.59 Å². The molecule has 0 spiro atoms. The van der Waals surface area contributed by atoms with Crippen LogP contribution in [0.5, 0.6) is 0 Å². The van der Waals surface area contributed by atoms with E-state index in [4.69, 9.17) is 16.3 Å².